The van der Waals surface area contributed by atoms with Gasteiger partial charge in [-0.1, -0.05) is 30.3 Å². The number of ether oxygens (including phenoxy) is 1. The number of nitro benzene ring substituents is 1. The number of carbonyl (C=O) groups is 2. The molecule has 1 amide bonds. The molecule has 0 aromatic heterocycles. The zero-order chi connectivity index (χ0) is 16.8. The van der Waals surface area contributed by atoms with E-state index in [2.05, 4.69) is 5.32 Å². The minimum absolute atomic E-state index is 0.0464. The number of rotatable bonds is 5. The van der Waals surface area contributed by atoms with Crippen molar-refractivity contribution >= 4 is 23.3 Å². The van der Waals surface area contributed by atoms with E-state index in [0.29, 0.717) is 5.56 Å². The van der Waals surface area contributed by atoms with E-state index in [-0.39, 0.29) is 11.4 Å². The highest BCUT2D eigenvalue weighted by atomic mass is 16.6. The van der Waals surface area contributed by atoms with Crippen molar-refractivity contribution in [3.63, 3.8) is 0 Å². The van der Waals surface area contributed by atoms with Gasteiger partial charge in [0.25, 0.3) is 11.6 Å². The summed E-state index contributed by atoms with van der Waals surface area (Å²) in [6.45, 7) is 1.39. The van der Waals surface area contributed by atoms with Gasteiger partial charge in [0.15, 0.2) is 6.10 Å². The summed E-state index contributed by atoms with van der Waals surface area (Å²) in [5.74, 6) is -1.29. The molecule has 0 bridgehead atoms. The molecule has 0 heterocycles. The molecule has 1 atom stereocenters. The maximum Gasteiger partial charge on any atom is 0.338 e. The Bertz CT molecular complexity index is 730. The third-order valence-corrected chi connectivity index (χ3v) is 3.02. The van der Waals surface area contributed by atoms with E-state index >= 15 is 0 Å². The van der Waals surface area contributed by atoms with Gasteiger partial charge in [-0.05, 0) is 25.1 Å². The maximum absolute atomic E-state index is 12.0. The molecule has 0 unspecified atom stereocenters. The second-order valence-electron chi connectivity index (χ2n) is 4.68. The topological polar surface area (TPSA) is 98.5 Å². The normalized spacial score (nSPS) is 11.3. The lowest BCUT2D eigenvalue weighted by Gasteiger charge is -2.13. The molecule has 7 nitrogen and oxygen atoms in total. The van der Waals surface area contributed by atoms with Gasteiger partial charge in [-0.15, -0.1) is 0 Å². The molecule has 1 N–H and O–H groups in total. The number of anilines is 1. The van der Waals surface area contributed by atoms with Crippen molar-refractivity contribution in [3.05, 3.63) is 70.3 Å². The van der Waals surface area contributed by atoms with Crippen molar-refractivity contribution in [1.82, 2.24) is 0 Å². The second kappa shape index (κ2) is 7.17. The lowest BCUT2D eigenvalue weighted by atomic mass is 10.2. The van der Waals surface area contributed by atoms with Crippen LogP contribution in [0.4, 0.5) is 11.4 Å². The summed E-state index contributed by atoms with van der Waals surface area (Å²) in [6.07, 6.45) is -1.09. The number of carbonyl (C=O) groups excluding carboxylic acids is 2. The van der Waals surface area contributed by atoms with Gasteiger partial charge in [-0.2, -0.15) is 0 Å². The first kappa shape index (κ1) is 16.2. The number of hydrogen-bond donors (Lipinski definition) is 1. The third-order valence-electron chi connectivity index (χ3n) is 3.02. The molecule has 0 spiro atoms. The van der Waals surface area contributed by atoms with Crippen molar-refractivity contribution in [1.29, 1.82) is 0 Å². The van der Waals surface area contributed by atoms with Crippen LogP contribution in [0.1, 0.15) is 17.3 Å². The summed E-state index contributed by atoms with van der Waals surface area (Å²) in [5.41, 5.74) is 0.130. The number of hydrogen-bond acceptors (Lipinski definition) is 5. The van der Waals surface area contributed by atoms with E-state index in [0.717, 1.165) is 0 Å². The van der Waals surface area contributed by atoms with Crippen LogP contribution in [0.3, 0.4) is 0 Å². The molecule has 2 aromatic carbocycles. The molecule has 0 aliphatic rings. The average Bonchev–Trinajstić information content (AvgIpc) is 2.55. The Hall–Kier alpha value is -3.22. The van der Waals surface area contributed by atoms with Gasteiger partial charge in [0.05, 0.1) is 10.5 Å². The van der Waals surface area contributed by atoms with Gasteiger partial charge in [0.1, 0.15) is 5.69 Å². The Kier molecular flexibility index (Phi) is 5.03. The van der Waals surface area contributed by atoms with Crippen LogP contribution >= 0.6 is 0 Å². The predicted octanol–water partition coefficient (Wildman–Crippen LogP) is 2.78. The van der Waals surface area contributed by atoms with E-state index in [9.17, 15) is 19.7 Å². The molecular formula is C16H14N2O5. The summed E-state index contributed by atoms with van der Waals surface area (Å²) >= 11 is 0. The average molecular weight is 314 g/mol. The third kappa shape index (κ3) is 4.13. The highest BCUT2D eigenvalue weighted by Crippen LogP contribution is 2.23. The number of nitrogens with zero attached hydrogens (tertiary/aromatic N) is 1. The first-order valence-corrected chi connectivity index (χ1v) is 6.79. The summed E-state index contributed by atoms with van der Waals surface area (Å²) in [7, 11) is 0. The molecule has 7 heteroatoms. The fraction of sp³-hybridized carbons (Fsp3) is 0.125. The Morgan fingerprint density at radius 1 is 1.09 bits per heavy atom. The van der Waals surface area contributed by atoms with Gasteiger partial charge in [-0.25, -0.2) is 4.79 Å². The van der Waals surface area contributed by atoms with Crippen molar-refractivity contribution in [3.8, 4) is 0 Å². The standard InChI is InChI=1S/C16H14N2O5/c1-11(23-16(20)12-7-3-2-4-8-12)15(19)17-13-9-5-6-10-14(13)18(21)22/h2-11H,1H3,(H,17,19)/t11-/m1/s1. The largest absolute Gasteiger partial charge is 0.449 e. The molecular weight excluding hydrogens is 300 g/mol. The summed E-state index contributed by atoms with van der Waals surface area (Å²) in [4.78, 5) is 34.2. The van der Waals surface area contributed by atoms with E-state index in [1.165, 1.54) is 25.1 Å². The first-order valence-electron chi connectivity index (χ1n) is 6.79. The predicted molar refractivity (Wildman–Crippen MR) is 83.0 cm³/mol. The Balaban J connectivity index is 2.04. The zero-order valence-corrected chi connectivity index (χ0v) is 12.3. The fourth-order valence-electron chi connectivity index (χ4n) is 1.83. The van der Waals surface area contributed by atoms with Crippen molar-refractivity contribution < 1.29 is 19.2 Å². The quantitative estimate of drug-likeness (QED) is 0.520. The second-order valence-corrected chi connectivity index (χ2v) is 4.68. The molecule has 23 heavy (non-hydrogen) atoms. The van der Waals surface area contributed by atoms with Crippen LogP contribution < -0.4 is 5.32 Å². The minimum Gasteiger partial charge on any atom is -0.449 e. The number of para-hydroxylation sites is 2. The maximum atomic E-state index is 12.0. The van der Waals surface area contributed by atoms with E-state index in [1.807, 2.05) is 0 Å². The van der Waals surface area contributed by atoms with Crippen LogP contribution in [0.5, 0.6) is 0 Å². The Labute approximate surface area is 132 Å². The van der Waals surface area contributed by atoms with Crippen LogP contribution in [-0.2, 0) is 9.53 Å². The molecule has 0 saturated carbocycles. The number of nitro groups is 1. The van der Waals surface area contributed by atoms with E-state index < -0.39 is 22.9 Å². The molecule has 0 aliphatic carbocycles. The molecule has 118 valence electrons. The van der Waals surface area contributed by atoms with Crippen molar-refractivity contribution in [2.24, 2.45) is 0 Å². The molecule has 0 radical (unpaired) electrons. The highest BCUT2D eigenvalue weighted by molar-refractivity contribution is 5.98. The molecule has 2 rings (SSSR count). The lowest BCUT2D eigenvalue weighted by Crippen LogP contribution is -2.30. The zero-order valence-electron chi connectivity index (χ0n) is 12.3. The highest BCUT2D eigenvalue weighted by Gasteiger charge is 2.22. The number of esters is 1. The molecule has 0 fully saturated rings. The fourth-order valence-corrected chi connectivity index (χ4v) is 1.83. The van der Waals surface area contributed by atoms with Gasteiger partial charge < -0.3 is 10.1 Å². The molecule has 0 saturated heterocycles. The number of nitrogens with one attached hydrogen (secondary N) is 1. The summed E-state index contributed by atoms with van der Waals surface area (Å²) < 4.78 is 5.05. The van der Waals surface area contributed by atoms with Crippen molar-refractivity contribution in [2.75, 3.05) is 5.32 Å². The van der Waals surface area contributed by atoms with Crippen LogP contribution in [-0.4, -0.2) is 22.9 Å². The van der Waals surface area contributed by atoms with Crippen molar-refractivity contribution in [2.45, 2.75) is 13.0 Å². The van der Waals surface area contributed by atoms with E-state index in [4.69, 9.17) is 4.74 Å². The Morgan fingerprint density at radius 2 is 1.70 bits per heavy atom. The molecule has 0 aliphatic heterocycles. The monoisotopic (exact) mass is 314 g/mol. The SMILES string of the molecule is C[C@@H](OC(=O)c1ccccc1)C(=O)Nc1ccccc1[N+](=O)[O-]. The van der Waals surface area contributed by atoms with Gasteiger partial charge >= 0.3 is 5.97 Å². The first-order chi connectivity index (χ1) is 11.0. The van der Waals surface area contributed by atoms with Crippen LogP contribution in [0.25, 0.3) is 0 Å². The Morgan fingerprint density at radius 3 is 2.35 bits per heavy atom. The summed E-state index contributed by atoms with van der Waals surface area (Å²) in [5, 5.41) is 13.3. The van der Waals surface area contributed by atoms with Gasteiger partial charge in [0.2, 0.25) is 0 Å². The smallest absolute Gasteiger partial charge is 0.338 e. The van der Waals surface area contributed by atoms with Gasteiger partial charge in [-0.3, -0.25) is 14.9 Å². The summed E-state index contributed by atoms with van der Waals surface area (Å²) in [6, 6.07) is 14.0. The van der Waals surface area contributed by atoms with Crippen LogP contribution in [0.2, 0.25) is 0 Å². The number of amides is 1. The van der Waals surface area contributed by atoms with Crippen LogP contribution in [0.15, 0.2) is 54.6 Å². The molecule has 2 aromatic rings. The minimum atomic E-state index is -1.09. The van der Waals surface area contributed by atoms with E-state index in [1.54, 1.807) is 36.4 Å². The van der Waals surface area contributed by atoms with Crippen LogP contribution in [0, 0.1) is 10.1 Å². The number of benzene rings is 2. The lowest BCUT2D eigenvalue weighted by molar-refractivity contribution is -0.383. The van der Waals surface area contributed by atoms with Gasteiger partial charge in [0, 0.05) is 6.07 Å².